The van der Waals surface area contributed by atoms with E-state index >= 15 is 0 Å². The van der Waals surface area contributed by atoms with Crippen LogP contribution in [0.25, 0.3) is 0 Å². The lowest BCUT2D eigenvalue weighted by atomic mass is 10.2. The van der Waals surface area contributed by atoms with E-state index in [2.05, 4.69) is 15.9 Å². The fraction of sp³-hybridized carbons (Fsp3) is 0.0714. The van der Waals surface area contributed by atoms with Crippen LogP contribution in [0.4, 0.5) is 4.39 Å². The van der Waals surface area contributed by atoms with E-state index in [-0.39, 0.29) is 23.0 Å². The molecule has 3 nitrogen and oxygen atoms in total. The number of carboxylic acid groups (broad SMARTS) is 1. The second-order valence-corrected chi connectivity index (χ2v) is 5.24. The van der Waals surface area contributed by atoms with Crippen molar-refractivity contribution in [2.75, 3.05) is 0 Å². The average Bonchev–Trinajstić information content (AvgIpc) is 2.38. The number of hydrogen-bond donors (Lipinski definition) is 1. The number of rotatable bonds is 4. The summed E-state index contributed by atoms with van der Waals surface area (Å²) in [4.78, 5) is 10.8. The van der Waals surface area contributed by atoms with Gasteiger partial charge in [0.2, 0.25) is 0 Å². The molecule has 0 aliphatic heterocycles. The standard InChI is InChI=1S/C14H9BrClFO3/c15-11-6-10(17)3-1-9(11)7-20-13-4-2-8(14(18)19)5-12(13)16/h1-6H,7H2,(H,18,19). The molecule has 2 rings (SSSR count). The van der Waals surface area contributed by atoms with E-state index < -0.39 is 5.97 Å². The molecule has 0 heterocycles. The van der Waals surface area contributed by atoms with Crippen molar-refractivity contribution in [3.8, 4) is 5.75 Å². The van der Waals surface area contributed by atoms with E-state index in [0.29, 0.717) is 10.2 Å². The van der Waals surface area contributed by atoms with Crippen LogP contribution in [-0.2, 0) is 6.61 Å². The first-order chi connectivity index (χ1) is 9.47. The van der Waals surface area contributed by atoms with E-state index in [1.165, 1.54) is 30.3 Å². The third-order valence-electron chi connectivity index (χ3n) is 2.58. The van der Waals surface area contributed by atoms with Gasteiger partial charge in [-0.3, -0.25) is 0 Å². The predicted molar refractivity (Wildman–Crippen MR) is 76.8 cm³/mol. The number of ether oxygens (including phenoxy) is 1. The zero-order chi connectivity index (χ0) is 14.7. The first kappa shape index (κ1) is 14.8. The zero-order valence-corrected chi connectivity index (χ0v) is 12.4. The molecule has 20 heavy (non-hydrogen) atoms. The molecular formula is C14H9BrClFO3. The van der Waals surface area contributed by atoms with Gasteiger partial charge in [0.1, 0.15) is 18.2 Å². The highest BCUT2D eigenvalue weighted by molar-refractivity contribution is 9.10. The van der Waals surface area contributed by atoms with Crippen LogP contribution in [0.3, 0.4) is 0 Å². The number of hydrogen-bond acceptors (Lipinski definition) is 2. The minimum atomic E-state index is -1.06. The number of carboxylic acids is 1. The van der Waals surface area contributed by atoms with Crippen molar-refractivity contribution < 1.29 is 19.0 Å². The lowest BCUT2D eigenvalue weighted by Crippen LogP contribution is -2.00. The van der Waals surface area contributed by atoms with Crippen molar-refractivity contribution in [3.63, 3.8) is 0 Å². The summed E-state index contributed by atoms with van der Waals surface area (Å²) in [6.45, 7) is 0.188. The third kappa shape index (κ3) is 3.49. The fourth-order valence-electron chi connectivity index (χ4n) is 1.55. The maximum absolute atomic E-state index is 12.9. The van der Waals surface area contributed by atoms with E-state index in [9.17, 15) is 9.18 Å². The van der Waals surface area contributed by atoms with Gasteiger partial charge in [-0.2, -0.15) is 0 Å². The van der Waals surface area contributed by atoms with Crippen molar-refractivity contribution >= 4 is 33.5 Å². The lowest BCUT2D eigenvalue weighted by Gasteiger charge is -2.10. The molecule has 6 heteroatoms. The molecule has 0 aliphatic carbocycles. The summed E-state index contributed by atoms with van der Waals surface area (Å²) in [6, 6.07) is 8.48. The third-order valence-corrected chi connectivity index (χ3v) is 3.61. The van der Waals surface area contributed by atoms with Crippen LogP contribution in [-0.4, -0.2) is 11.1 Å². The topological polar surface area (TPSA) is 46.5 Å². The SMILES string of the molecule is O=C(O)c1ccc(OCc2ccc(F)cc2Br)c(Cl)c1. The van der Waals surface area contributed by atoms with Gasteiger partial charge in [0, 0.05) is 10.0 Å². The number of carbonyl (C=O) groups is 1. The molecule has 104 valence electrons. The van der Waals surface area contributed by atoms with Crippen LogP contribution in [0.1, 0.15) is 15.9 Å². The molecule has 0 unspecified atom stereocenters. The Balaban J connectivity index is 2.13. The van der Waals surface area contributed by atoms with E-state index in [1.807, 2.05) is 0 Å². The van der Waals surface area contributed by atoms with E-state index in [1.54, 1.807) is 6.07 Å². The second-order valence-electron chi connectivity index (χ2n) is 3.97. The molecule has 1 N–H and O–H groups in total. The molecule has 0 atom stereocenters. The molecule has 0 fully saturated rings. The molecule has 2 aromatic rings. The molecule has 0 spiro atoms. The molecule has 2 aromatic carbocycles. The Labute approximate surface area is 128 Å². The zero-order valence-electron chi connectivity index (χ0n) is 10.1. The summed E-state index contributed by atoms with van der Waals surface area (Å²) in [5, 5.41) is 9.04. The van der Waals surface area contributed by atoms with Crippen LogP contribution >= 0.6 is 27.5 Å². The molecule has 0 saturated carbocycles. The van der Waals surface area contributed by atoms with Gasteiger partial charge in [-0.15, -0.1) is 0 Å². The van der Waals surface area contributed by atoms with Gasteiger partial charge in [-0.05, 0) is 30.3 Å². The van der Waals surface area contributed by atoms with Crippen molar-refractivity contribution in [1.82, 2.24) is 0 Å². The van der Waals surface area contributed by atoms with Crippen LogP contribution in [0.15, 0.2) is 40.9 Å². The van der Waals surface area contributed by atoms with Gasteiger partial charge in [0.15, 0.2) is 0 Å². The van der Waals surface area contributed by atoms with E-state index in [4.69, 9.17) is 21.4 Å². The summed E-state index contributed by atoms with van der Waals surface area (Å²) >= 11 is 9.18. The highest BCUT2D eigenvalue weighted by Gasteiger charge is 2.09. The van der Waals surface area contributed by atoms with Gasteiger partial charge < -0.3 is 9.84 Å². The van der Waals surface area contributed by atoms with Gasteiger partial charge >= 0.3 is 5.97 Å². The Morgan fingerprint density at radius 2 is 2.05 bits per heavy atom. The molecule has 0 aromatic heterocycles. The maximum atomic E-state index is 12.9. The van der Waals surface area contributed by atoms with Gasteiger partial charge in [0.25, 0.3) is 0 Å². The fourth-order valence-corrected chi connectivity index (χ4v) is 2.25. The number of benzene rings is 2. The smallest absolute Gasteiger partial charge is 0.335 e. The molecule has 0 bridgehead atoms. The minimum absolute atomic E-state index is 0.0883. The Morgan fingerprint density at radius 3 is 2.65 bits per heavy atom. The van der Waals surface area contributed by atoms with E-state index in [0.717, 1.165) is 5.56 Å². The van der Waals surface area contributed by atoms with Crippen molar-refractivity contribution in [2.45, 2.75) is 6.61 Å². The molecule has 0 radical (unpaired) electrons. The minimum Gasteiger partial charge on any atom is -0.487 e. The van der Waals surface area contributed by atoms with Crippen molar-refractivity contribution in [1.29, 1.82) is 0 Å². The predicted octanol–water partition coefficient (Wildman–Crippen LogP) is 4.52. The first-order valence-corrected chi connectivity index (χ1v) is 6.74. The van der Waals surface area contributed by atoms with Crippen molar-refractivity contribution in [2.24, 2.45) is 0 Å². The summed E-state index contributed by atoms with van der Waals surface area (Å²) in [5.74, 6) is -1.03. The summed E-state index contributed by atoms with van der Waals surface area (Å²) < 4.78 is 19.0. The summed E-state index contributed by atoms with van der Waals surface area (Å²) in [5.41, 5.74) is 0.843. The molecule has 0 amide bonds. The molecule has 0 aliphatic rings. The molecular weight excluding hydrogens is 351 g/mol. The Hall–Kier alpha value is -1.59. The summed E-state index contributed by atoms with van der Waals surface area (Å²) in [6.07, 6.45) is 0. The largest absolute Gasteiger partial charge is 0.487 e. The Morgan fingerprint density at radius 1 is 1.30 bits per heavy atom. The van der Waals surface area contributed by atoms with Crippen LogP contribution in [0, 0.1) is 5.82 Å². The highest BCUT2D eigenvalue weighted by atomic mass is 79.9. The van der Waals surface area contributed by atoms with Crippen LogP contribution in [0.2, 0.25) is 5.02 Å². The number of halogens is 3. The van der Waals surface area contributed by atoms with Crippen LogP contribution in [0.5, 0.6) is 5.75 Å². The maximum Gasteiger partial charge on any atom is 0.335 e. The lowest BCUT2D eigenvalue weighted by molar-refractivity contribution is 0.0697. The highest BCUT2D eigenvalue weighted by Crippen LogP contribution is 2.27. The van der Waals surface area contributed by atoms with Gasteiger partial charge in [0.05, 0.1) is 10.6 Å². The van der Waals surface area contributed by atoms with Gasteiger partial charge in [-0.25, -0.2) is 9.18 Å². The Kier molecular flexibility index (Phi) is 4.62. The van der Waals surface area contributed by atoms with Crippen molar-refractivity contribution in [3.05, 3.63) is 62.8 Å². The van der Waals surface area contributed by atoms with Gasteiger partial charge in [-0.1, -0.05) is 33.6 Å². The number of aromatic carboxylic acids is 1. The Bertz CT molecular complexity index is 661. The monoisotopic (exact) mass is 358 g/mol. The quantitative estimate of drug-likeness (QED) is 0.873. The molecule has 0 saturated heterocycles. The average molecular weight is 360 g/mol. The second kappa shape index (κ2) is 6.24. The summed E-state index contributed by atoms with van der Waals surface area (Å²) in [7, 11) is 0. The van der Waals surface area contributed by atoms with Crippen LogP contribution < -0.4 is 4.74 Å². The normalized spacial score (nSPS) is 10.3. The first-order valence-electron chi connectivity index (χ1n) is 5.57.